The van der Waals surface area contributed by atoms with E-state index in [1.54, 1.807) is 39.0 Å². The first-order valence-electron chi connectivity index (χ1n) is 23.1. The first-order chi connectivity index (χ1) is 32.3. The van der Waals surface area contributed by atoms with Gasteiger partial charge in [-0.25, -0.2) is 13.8 Å². The van der Waals surface area contributed by atoms with Gasteiger partial charge in [0.05, 0.1) is 39.7 Å². The Bertz CT molecular complexity index is 2710. The van der Waals surface area contributed by atoms with E-state index < -0.39 is 36.5 Å². The Kier molecular flexibility index (Phi) is 13.8. The third-order valence-electron chi connectivity index (χ3n) is 13.7. The molecule has 15 nitrogen and oxygen atoms in total. The van der Waals surface area contributed by atoms with Gasteiger partial charge in [-0.05, 0) is 103 Å². The fourth-order valence-electron chi connectivity index (χ4n) is 10.3. The predicted octanol–water partition coefficient (Wildman–Crippen LogP) is 7.40. The summed E-state index contributed by atoms with van der Waals surface area (Å²) in [6, 6.07) is 11.2. The van der Waals surface area contributed by atoms with E-state index in [9.17, 15) is 14.2 Å². The molecule has 6 heterocycles. The summed E-state index contributed by atoms with van der Waals surface area (Å²) in [6.45, 7) is 13.9. The van der Waals surface area contributed by atoms with Crippen LogP contribution in [0.25, 0.3) is 11.0 Å². The number of imide groups is 1. The number of carbonyl (C=O) groups is 2. The second kappa shape index (κ2) is 19.7. The largest absolute Gasteiger partial charge is 0.494 e. The molecule has 5 aromatic rings. The van der Waals surface area contributed by atoms with Crippen molar-refractivity contribution in [1.29, 1.82) is 0 Å². The number of carbonyl (C=O) groups excluding carboxylic acids is 2. The molecule has 4 aliphatic rings. The Labute approximate surface area is 398 Å². The van der Waals surface area contributed by atoms with Gasteiger partial charge >= 0.3 is 0 Å². The second-order valence-electron chi connectivity index (χ2n) is 18.4. The number of nitrogens with zero attached hydrogens (tertiary/aromatic N) is 8. The van der Waals surface area contributed by atoms with Crippen LogP contribution in [0.5, 0.6) is 5.75 Å². The highest BCUT2D eigenvalue weighted by Gasteiger charge is 2.35. The Morgan fingerprint density at radius 1 is 0.881 bits per heavy atom. The minimum absolute atomic E-state index is 0.0649. The summed E-state index contributed by atoms with van der Waals surface area (Å²) in [4.78, 5) is 51.9. The van der Waals surface area contributed by atoms with E-state index in [0.29, 0.717) is 61.7 Å². The van der Waals surface area contributed by atoms with Crippen molar-refractivity contribution in [2.24, 2.45) is 5.92 Å². The zero-order valence-corrected chi connectivity index (χ0v) is 40.8. The average Bonchev–Trinajstić information content (AvgIpc) is 3.78. The highest BCUT2D eigenvalue weighted by Crippen LogP contribution is 2.42. The highest BCUT2D eigenvalue weighted by molar-refractivity contribution is 9.10. The molecule has 0 aliphatic carbocycles. The van der Waals surface area contributed by atoms with Crippen molar-refractivity contribution in [3.05, 3.63) is 82.2 Å². The van der Waals surface area contributed by atoms with Crippen LogP contribution >= 0.6 is 23.1 Å². The monoisotopic (exact) mass is 999 g/mol. The van der Waals surface area contributed by atoms with Crippen LogP contribution in [0.2, 0.25) is 0 Å². The minimum atomic E-state index is -2.78. The van der Waals surface area contributed by atoms with Crippen LogP contribution in [-0.2, 0) is 20.6 Å². The fourth-order valence-corrected chi connectivity index (χ4v) is 12.0. The molecule has 19 heteroatoms. The molecule has 4 aliphatic heterocycles. The number of aryl methyl sites for hydroxylation is 1. The maximum absolute atomic E-state index is 15.3. The smallest absolute Gasteiger partial charge is 0.234 e. The Morgan fingerprint density at radius 2 is 1.61 bits per heavy atom. The quantitative estimate of drug-likeness (QED) is 0.0791. The number of ether oxygens (including phenoxy) is 1. The maximum atomic E-state index is 15.3. The van der Waals surface area contributed by atoms with E-state index in [0.717, 1.165) is 90.3 Å². The number of methoxy groups -OCH3 is 1. The number of hydrogen-bond donors (Lipinski definition) is 3. The number of benzene rings is 3. The Morgan fingerprint density at radius 3 is 2.31 bits per heavy atom. The lowest BCUT2D eigenvalue weighted by Crippen LogP contribution is -2.54. The molecular formula is C48H57BrF2N11O4P. The number of amides is 2. The van der Waals surface area contributed by atoms with Gasteiger partial charge in [0.2, 0.25) is 17.8 Å². The summed E-state index contributed by atoms with van der Waals surface area (Å²) in [5, 5.41) is 9.58. The summed E-state index contributed by atoms with van der Waals surface area (Å²) < 4.78 is 50.7. The third kappa shape index (κ3) is 10.1. The van der Waals surface area contributed by atoms with Gasteiger partial charge in [0, 0.05) is 113 Å². The summed E-state index contributed by atoms with van der Waals surface area (Å²) in [5.41, 5.74) is 5.26. The summed E-state index contributed by atoms with van der Waals surface area (Å²) >= 11 is 3.59. The number of rotatable bonds is 13. The van der Waals surface area contributed by atoms with Crippen LogP contribution < -0.4 is 35.8 Å². The van der Waals surface area contributed by atoms with Crippen LogP contribution in [0.4, 0.5) is 43.3 Å². The van der Waals surface area contributed by atoms with E-state index in [1.165, 1.54) is 23.4 Å². The van der Waals surface area contributed by atoms with E-state index in [1.807, 2.05) is 17.0 Å². The van der Waals surface area contributed by atoms with Crippen molar-refractivity contribution < 1.29 is 27.7 Å². The highest BCUT2D eigenvalue weighted by atomic mass is 79.9. The van der Waals surface area contributed by atoms with Gasteiger partial charge in [0.15, 0.2) is 0 Å². The Balaban J connectivity index is 0.782. The zero-order chi connectivity index (χ0) is 47.0. The van der Waals surface area contributed by atoms with Crippen LogP contribution in [0.1, 0.15) is 56.1 Å². The van der Waals surface area contributed by atoms with Crippen molar-refractivity contribution in [3.8, 4) is 5.75 Å². The molecule has 0 radical (unpaired) electrons. The minimum Gasteiger partial charge on any atom is -0.494 e. The molecule has 2 amide bonds. The van der Waals surface area contributed by atoms with Crippen molar-refractivity contribution in [1.82, 2.24) is 35.1 Å². The molecule has 0 bridgehead atoms. The summed E-state index contributed by atoms with van der Waals surface area (Å²) in [6.07, 6.45) is 8.98. The zero-order valence-electron chi connectivity index (χ0n) is 38.3. The molecule has 0 saturated carbocycles. The molecule has 2 atom stereocenters. The first-order valence-corrected chi connectivity index (χ1v) is 26.5. The number of hydrogen-bond acceptors (Lipinski definition) is 14. The van der Waals surface area contributed by atoms with E-state index in [-0.39, 0.29) is 18.4 Å². The lowest BCUT2D eigenvalue weighted by Gasteiger charge is -2.44. The summed E-state index contributed by atoms with van der Waals surface area (Å²) in [7, 11) is -1.11. The number of anilines is 6. The van der Waals surface area contributed by atoms with Gasteiger partial charge in [-0.1, -0.05) is 6.92 Å². The van der Waals surface area contributed by atoms with Crippen molar-refractivity contribution >= 4 is 85.7 Å². The number of halogens is 3. The molecule has 3 N–H and O–H groups in total. The van der Waals surface area contributed by atoms with Gasteiger partial charge in [-0.3, -0.25) is 29.8 Å². The molecule has 2 aromatic heterocycles. The number of fused-ring (bicyclic) bond motifs is 1. The normalized spacial score (nSPS) is 20.1. The van der Waals surface area contributed by atoms with Crippen LogP contribution in [0, 0.1) is 17.6 Å². The van der Waals surface area contributed by atoms with Gasteiger partial charge in [-0.15, -0.1) is 0 Å². The van der Waals surface area contributed by atoms with Crippen LogP contribution in [0.3, 0.4) is 0 Å². The lowest BCUT2D eigenvalue weighted by molar-refractivity contribution is -0.134. The van der Waals surface area contributed by atoms with E-state index in [4.69, 9.17) is 9.72 Å². The van der Waals surface area contributed by atoms with E-state index in [2.05, 4.69) is 80.6 Å². The topological polar surface area (TPSA) is 161 Å². The third-order valence-corrected chi connectivity index (χ3v) is 15.8. The molecule has 4 saturated heterocycles. The van der Waals surface area contributed by atoms with Crippen LogP contribution in [0.15, 0.2) is 59.5 Å². The van der Waals surface area contributed by atoms with Gasteiger partial charge < -0.3 is 34.6 Å². The van der Waals surface area contributed by atoms with Crippen molar-refractivity contribution in [2.75, 3.05) is 99.8 Å². The fraction of sp³-hybridized carbons (Fsp3) is 0.458. The van der Waals surface area contributed by atoms with Crippen molar-refractivity contribution in [2.45, 2.75) is 57.4 Å². The second-order valence-corrected chi connectivity index (χ2v) is 22.4. The van der Waals surface area contributed by atoms with E-state index >= 15 is 8.78 Å². The SMILES string of the molecule is CCc1cc(Nc2ncc(Br)c(Nc3ccc4nccnc4c3P(C)(C)=O)n2)c(OC)cc1N1CCC(N2CCN(C[C@@H]3CCN(c4cc(F)c(C5CCC(=O)NC5=O)c(F)c4)C3)CC2)CC1. The Hall–Kier alpha value is -5.29. The molecule has 0 spiro atoms. The number of piperazine rings is 1. The average molecular weight is 1000 g/mol. The van der Waals surface area contributed by atoms with Crippen LogP contribution in [-0.4, -0.2) is 127 Å². The predicted molar refractivity (Wildman–Crippen MR) is 262 cm³/mol. The van der Waals surface area contributed by atoms with Gasteiger partial charge in [-0.2, -0.15) is 4.98 Å². The number of nitrogens with one attached hydrogen (secondary N) is 3. The maximum Gasteiger partial charge on any atom is 0.234 e. The number of aromatic nitrogens is 4. The molecule has 1 unspecified atom stereocenters. The molecular weight excluding hydrogens is 943 g/mol. The first kappa shape index (κ1) is 46.8. The van der Waals surface area contributed by atoms with Gasteiger partial charge in [0.25, 0.3) is 0 Å². The standard InChI is InChI=1S/C48H57BrF2N11O4P/c1-5-30-22-39(56-48-54-26-34(49)46(58-48)55-38-8-7-37-44(53-14-13-52-37)45(38)67(3,4)65)41(66-2)25-40(30)61-16-11-31(12-17-61)60-20-18-59(19-21-60)27-29-10-15-62(28-29)32-23-35(50)43(36(51)24-32)33-6-9-42(63)57-47(33)64/h7-8,13-14,22-26,29,31,33H,5-6,9-12,15-21,27-28H2,1-4H3,(H,57,63,64)(H2,54,55,56,58)/t29-,33?/m0/s1. The molecule has 4 fully saturated rings. The molecule has 9 rings (SSSR count). The lowest BCUT2D eigenvalue weighted by atomic mass is 9.89. The molecule has 67 heavy (non-hydrogen) atoms. The number of piperidine rings is 2. The summed E-state index contributed by atoms with van der Waals surface area (Å²) in [5.74, 6) is -1.58. The van der Waals surface area contributed by atoms with Crippen molar-refractivity contribution in [3.63, 3.8) is 0 Å². The molecule has 3 aromatic carbocycles. The van der Waals surface area contributed by atoms with Gasteiger partial charge in [0.1, 0.15) is 35.9 Å². The molecule has 354 valence electrons.